The Morgan fingerprint density at radius 1 is 1.32 bits per heavy atom. The van der Waals surface area contributed by atoms with Crippen molar-refractivity contribution in [1.82, 2.24) is 5.32 Å². The van der Waals surface area contributed by atoms with Crippen LogP contribution in [0.2, 0.25) is 5.02 Å². The fourth-order valence-electron chi connectivity index (χ4n) is 2.57. The standard InChI is InChI=1S/C15H20ClNO4S/c16-12-4-3-5-13(10-12)22(20,21)9-6-14(18)17-11-15(19)7-1-2-8-15/h3-5,10,19H,1-2,6-9,11H2,(H,17,18). The van der Waals surface area contributed by atoms with E-state index in [2.05, 4.69) is 5.32 Å². The average Bonchev–Trinajstić information content (AvgIpc) is 2.90. The van der Waals surface area contributed by atoms with Crippen LogP contribution in [0, 0.1) is 0 Å². The molecule has 0 saturated heterocycles. The SMILES string of the molecule is O=C(CCS(=O)(=O)c1cccc(Cl)c1)NCC1(O)CCCC1. The van der Waals surface area contributed by atoms with Gasteiger partial charge in [-0.25, -0.2) is 8.42 Å². The highest BCUT2D eigenvalue weighted by Crippen LogP contribution is 2.28. The summed E-state index contributed by atoms with van der Waals surface area (Å²) in [6.07, 6.45) is 3.12. The summed E-state index contributed by atoms with van der Waals surface area (Å²) in [6.45, 7) is 0.184. The summed E-state index contributed by atoms with van der Waals surface area (Å²) >= 11 is 5.78. The van der Waals surface area contributed by atoms with Gasteiger partial charge in [0.05, 0.1) is 16.2 Å². The van der Waals surface area contributed by atoms with Crippen LogP contribution in [0.3, 0.4) is 0 Å². The fraction of sp³-hybridized carbons (Fsp3) is 0.533. The van der Waals surface area contributed by atoms with E-state index < -0.39 is 15.4 Å². The van der Waals surface area contributed by atoms with Crippen molar-refractivity contribution in [3.63, 3.8) is 0 Å². The van der Waals surface area contributed by atoms with E-state index >= 15 is 0 Å². The Kier molecular flexibility index (Phi) is 5.47. The second-order valence-corrected chi connectivity index (χ2v) is 8.28. The minimum absolute atomic E-state index is 0.113. The van der Waals surface area contributed by atoms with E-state index in [4.69, 9.17) is 11.6 Å². The smallest absolute Gasteiger partial charge is 0.221 e. The second kappa shape index (κ2) is 6.98. The molecule has 0 bridgehead atoms. The monoisotopic (exact) mass is 345 g/mol. The van der Waals surface area contributed by atoms with Crippen molar-refractivity contribution >= 4 is 27.3 Å². The number of rotatable bonds is 6. The molecular formula is C15H20ClNO4S. The Bertz CT molecular complexity index is 639. The molecule has 122 valence electrons. The molecule has 0 spiro atoms. The Morgan fingerprint density at radius 2 is 2.00 bits per heavy atom. The van der Waals surface area contributed by atoms with Crippen LogP contribution in [-0.4, -0.2) is 37.3 Å². The van der Waals surface area contributed by atoms with Gasteiger partial charge >= 0.3 is 0 Å². The maximum atomic E-state index is 12.1. The van der Waals surface area contributed by atoms with Crippen LogP contribution < -0.4 is 5.32 Å². The maximum Gasteiger partial charge on any atom is 0.221 e. The van der Waals surface area contributed by atoms with E-state index in [9.17, 15) is 18.3 Å². The molecule has 0 radical (unpaired) electrons. The molecule has 1 amide bonds. The van der Waals surface area contributed by atoms with E-state index in [-0.39, 0.29) is 29.5 Å². The first kappa shape index (κ1) is 17.2. The number of carbonyl (C=O) groups excluding carboxylic acids is 1. The molecule has 0 heterocycles. The van der Waals surface area contributed by atoms with Gasteiger partial charge in [0.15, 0.2) is 9.84 Å². The zero-order valence-electron chi connectivity index (χ0n) is 12.2. The molecule has 1 fully saturated rings. The number of sulfone groups is 1. The molecule has 0 unspecified atom stereocenters. The topological polar surface area (TPSA) is 83.5 Å². The largest absolute Gasteiger partial charge is 0.388 e. The van der Waals surface area contributed by atoms with Crippen LogP contribution in [0.4, 0.5) is 0 Å². The molecule has 0 atom stereocenters. The van der Waals surface area contributed by atoms with Crippen molar-refractivity contribution in [2.45, 2.75) is 42.6 Å². The highest BCUT2D eigenvalue weighted by molar-refractivity contribution is 7.91. The molecule has 0 aromatic heterocycles. The third kappa shape index (κ3) is 4.69. The Balaban J connectivity index is 1.85. The van der Waals surface area contributed by atoms with Crippen LogP contribution >= 0.6 is 11.6 Å². The molecule has 5 nitrogen and oxygen atoms in total. The Morgan fingerprint density at radius 3 is 2.64 bits per heavy atom. The number of carbonyl (C=O) groups is 1. The molecule has 1 aliphatic rings. The highest BCUT2D eigenvalue weighted by atomic mass is 35.5. The van der Waals surface area contributed by atoms with Gasteiger partial charge in [0.1, 0.15) is 0 Å². The lowest BCUT2D eigenvalue weighted by atomic mass is 10.0. The number of hydrogen-bond donors (Lipinski definition) is 2. The Labute approximate surface area is 135 Å². The van der Waals surface area contributed by atoms with Gasteiger partial charge in [0.25, 0.3) is 0 Å². The van der Waals surface area contributed by atoms with E-state index in [1.54, 1.807) is 12.1 Å². The number of amides is 1. The molecule has 7 heteroatoms. The maximum absolute atomic E-state index is 12.1. The predicted octanol–water partition coefficient (Wildman–Crippen LogP) is 1.93. The summed E-state index contributed by atoms with van der Waals surface area (Å²) in [6, 6.07) is 5.98. The number of benzene rings is 1. The van der Waals surface area contributed by atoms with Gasteiger partial charge in [-0.2, -0.15) is 0 Å². The summed E-state index contributed by atoms with van der Waals surface area (Å²) < 4.78 is 24.2. The fourth-order valence-corrected chi connectivity index (χ4v) is 4.10. The van der Waals surface area contributed by atoms with Gasteiger partial charge in [0, 0.05) is 18.0 Å². The molecule has 1 aromatic carbocycles. The van der Waals surface area contributed by atoms with Crippen LogP contribution in [0.1, 0.15) is 32.1 Å². The third-order valence-corrected chi connectivity index (χ3v) is 5.85. The summed E-state index contributed by atoms with van der Waals surface area (Å²) in [5, 5.41) is 13.1. The van der Waals surface area contributed by atoms with Crippen molar-refractivity contribution in [2.75, 3.05) is 12.3 Å². The summed E-state index contributed by atoms with van der Waals surface area (Å²) in [4.78, 5) is 11.9. The van der Waals surface area contributed by atoms with Crippen LogP contribution in [-0.2, 0) is 14.6 Å². The molecule has 2 N–H and O–H groups in total. The van der Waals surface area contributed by atoms with Crippen LogP contribution in [0.5, 0.6) is 0 Å². The minimum Gasteiger partial charge on any atom is -0.388 e. The number of hydrogen-bond acceptors (Lipinski definition) is 4. The lowest BCUT2D eigenvalue weighted by Gasteiger charge is -2.22. The van der Waals surface area contributed by atoms with E-state index in [1.165, 1.54) is 12.1 Å². The van der Waals surface area contributed by atoms with E-state index in [0.29, 0.717) is 17.9 Å². The van der Waals surface area contributed by atoms with Gasteiger partial charge in [-0.3, -0.25) is 4.79 Å². The van der Waals surface area contributed by atoms with E-state index in [0.717, 1.165) is 12.8 Å². The first-order valence-corrected chi connectivity index (χ1v) is 9.31. The number of nitrogens with one attached hydrogen (secondary N) is 1. The van der Waals surface area contributed by atoms with Gasteiger partial charge in [-0.15, -0.1) is 0 Å². The lowest BCUT2D eigenvalue weighted by molar-refractivity contribution is -0.121. The van der Waals surface area contributed by atoms with Crippen molar-refractivity contribution in [1.29, 1.82) is 0 Å². The first-order chi connectivity index (χ1) is 10.3. The zero-order valence-corrected chi connectivity index (χ0v) is 13.8. The predicted molar refractivity (Wildman–Crippen MR) is 84.5 cm³/mol. The molecular weight excluding hydrogens is 326 g/mol. The quantitative estimate of drug-likeness (QED) is 0.825. The molecule has 1 aromatic rings. The molecule has 2 rings (SSSR count). The lowest BCUT2D eigenvalue weighted by Crippen LogP contribution is -2.41. The molecule has 0 aliphatic heterocycles. The number of halogens is 1. The number of aliphatic hydroxyl groups is 1. The van der Waals surface area contributed by atoms with Crippen molar-refractivity contribution in [3.05, 3.63) is 29.3 Å². The van der Waals surface area contributed by atoms with Gasteiger partial charge in [0.2, 0.25) is 5.91 Å². The first-order valence-electron chi connectivity index (χ1n) is 7.28. The van der Waals surface area contributed by atoms with Crippen molar-refractivity contribution in [2.24, 2.45) is 0 Å². The van der Waals surface area contributed by atoms with Crippen molar-refractivity contribution < 1.29 is 18.3 Å². The summed E-state index contributed by atoms with van der Waals surface area (Å²) in [5.41, 5.74) is -0.832. The van der Waals surface area contributed by atoms with E-state index in [1.807, 2.05) is 0 Å². The zero-order chi connectivity index (χ0) is 16.2. The highest BCUT2D eigenvalue weighted by Gasteiger charge is 2.31. The second-order valence-electron chi connectivity index (χ2n) is 5.73. The van der Waals surface area contributed by atoms with Crippen LogP contribution in [0.15, 0.2) is 29.2 Å². The summed E-state index contributed by atoms with van der Waals surface area (Å²) in [5.74, 6) is -0.650. The van der Waals surface area contributed by atoms with Gasteiger partial charge in [-0.1, -0.05) is 30.5 Å². The normalized spacial score (nSPS) is 17.4. The molecule has 1 saturated carbocycles. The minimum atomic E-state index is -3.54. The average molecular weight is 346 g/mol. The molecule has 1 aliphatic carbocycles. The van der Waals surface area contributed by atoms with Crippen LogP contribution in [0.25, 0.3) is 0 Å². The molecule has 22 heavy (non-hydrogen) atoms. The van der Waals surface area contributed by atoms with Gasteiger partial charge in [-0.05, 0) is 31.0 Å². The Hall–Kier alpha value is -1.11. The summed E-state index contributed by atoms with van der Waals surface area (Å²) in [7, 11) is -3.54. The van der Waals surface area contributed by atoms with Gasteiger partial charge < -0.3 is 10.4 Å². The van der Waals surface area contributed by atoms with Crippen molar-refractivity contribution in [3.8, 4) is 0 Å². The third-order valence-electron chi connectivity index (χ3n) is 3.90.